The van der Waals surface area contributed by atoms with Crippen molar-refractivity contribution in [1.82, 2.24) is 10.2 Å². The number of hydrogen-bond donors (Lipinski definition) is 2. The summed E-state index contributed by atoms with van der Waals surface area (Å²) in [5.41, 5.74) is 10.2. The van der Waals surface area contributed by atoms with Crippen molar-refractivity contribution in [3.63, 3.8) is 0 Å². The van der Waals surface area contributed by atoms with Gasteiger partial charge in [-0.3, -0.25) is 5.10 Å². The van der Waals surface area contributed by atoms with Crippen LogP contribution in [0.2, 0.25) is 0 Å². The summed E-state index contributed by atoms with van der Waals surface area (Å²) in [6.45, 7) is 2.06. The number of H-pyrrole nitrogens is 1. The molecule has 5 heteroatoms. The van der Waals surface area contributed by atoms with Crippen molar-refractivity contribution >= 4 is 17.2 Å². The summed E-state index contributed by atoms with van der Waals surface area (Å²) in [6.07, 6.45) is 0. The summed E-state index contributed by atoms with van der Waals surface area (Å²) in [7, 11) is 1.66. The predicted octanol–water partition coefficient (Wildman–Crippen LogP) is 3.70. The highest BCUT2D eigenvalue weighted by molar-refractivity contribution is 7.13. The maximum atomic E-state index is 6.03. The van der Waals surface area contributed by atoms with Crippen molar-refractivity contribution in [3.05, 3.63) is 41.3 Å². The Labute approximate surface area is 121 Å². The van der Waals surface area contributed by atoms with Gasteiger partial charge in [0.05, 0.1) is 23.2 Å². The highest BCUT2D eigenvalue weighted by Gasteiger charge is 2.16. The van der Waals surface area contributed by atoms with E-state index in [1.54, 1.807) is 18.4 Å². The van der Waals surface area contributed by atoms with Crippen molar-refractivity contribution in [2.24, 2.45) is 0 Å². The Balaban J connectivity index is 2.14. The number of nitrogens with zero attached hydrogens (tertiary/aromatic N) is 1. The Morgan fingerprint density at radius 2 is 2.15 bits per heavy atom. The molecule has 0 radical (unpaired) electrons. The lowest BCUT2D eigenvalue weighted by Crippen LogP contribution is -1.88. The first-order valence-electron chi connectivity index (χ1n) is 6.23. The first-order valence-corrected chi connectivity index (χ1v) is 7.11. The van der Waals surface area contributed by atoms with E-state index in [1.807, 2.05) is 23.6 Å². The molecule has 3 rings (SSSR count). The zero-order chi connectivity index (χ0) is 14.1. The Bertz CT molecular complexity index is 745. The summed E-state index contributed by atoms with van der Waals surface area (Å²) in [6, 6.07) is 10.2. The van der Waals surface area contributed by atoms with Crippen LogP contribution in [-0.4, -0.2) is 17.3 Å². The summed E-state index contributed by atoms with van der Waals surface area (Å²) < 4.78 is 5.23. The van der Waals surface area contributed by atoms with Gasteiger partial charge >= 0.3 is 0 Å². The smallest absolute Gasteiger partial charge is 0.153 e. The minimum atomic E-state index is 0.512. The van der Waals surface area contributed by atoms with Crippen LogP contribution < -0.4 is 10.5 Å². The summed E-state index contributed by atoms with van der Waals surface area (Å²) in [4.78, 5) is 1.06. The second kappa shape index (κ2) is 5.02. The molecule has 3 aromatic rings. The van der Waals surface area contributed by atoms with Crippen LogP contribution >= 0.6 is 11.3 Å². The normalized spacial score (nSPS) is 10.7. The third kappa shape index (κ3) is 2.16. The van der Waals surface area contributed by atoms with Gasteiger partial charge in [0.2, 0.25) is 0 Å². The fourth-order valence-corrected chi connectivity index (χ4v) is 3.04. The fourth-order valence-electron chi connectivity index (χ4n) is 2.18. The Hall–Kier alpha value is -2.27. The molecule has 2 heterocycles. The molecular weight excluding hydrogens is 270 g/mol. The molecule has 0 amide bonds. The van der Waals surface area contributed by atoms with Crippen LogP contribution in [0.5, 0.6) is 5.75 Å². The van der Waals surface area contributed by atoms with E-state index in [4.69, 9.17) is 10.5 Å². The minimum Gasteiger partial charge on any atom is -0.496 e. The van der Waals surface area contributed by atoms with Crippen molar-refractivity contribution in [2.45, 2.75) is 6.92 Å². The molecule has 0 spiro atoms. The Kier molecular flexibility index (Phi) is 3.20. The first kappa shape index (κ1) is 12.7. The molecule has 0 aliphatic heterocycles. The predicted molar refractivity (Wildman–Crippen MR) is 83.0 cm³/mol. The molecule has 4 nitrogen and oxygen atoms in total. The number of rotatable bonds is 3. The molecule has 0 aliphatic carbocycles. The number of ether oxygens (including phenoxy) is 1. The maximum absolute atomic E-state index is 6.03. The van der Waals surface area contributed by atoms with Crippen molar-refractivity contribution in [2.75, 3.05) is 12.8 Å². The molecule has 20 heavy (non-hydrogen) atoms. The molecule has 0 saturated heterocycles. The van der Waals surface area contributed by atoms with Gasteiger partial charge in [-0.05, 0) is 12.5 Å². The Morgan fingerprint density at radius 1 is 1.30 bits per heavy atom. The van der Waals surface area contributed by atoms with Gasteiger partial charge in [0.25, 0.3) is 0 Å². The van der Waals surface area contributed by atoms with Crippen molar-refractivity contribution in [3.8, 4) is 27.4 Å². The van der Waals surface area contributed by atoms with Crippen LogP contribution in [0.3, 0.4) is 0 Å². The van der Waals surface area contributed by atoms with Gasteiger partial charge in [0, 0.05) is 11.4 Å². The second-order valence-corrected chi connectivity index (χ2v) is 5.49. The van der Waals surface area contributed by atoms with Gasteiger partial charge in [0.1, 0.15) is 5.75 Å². The van der Waals surface area contributed by atoms with E-state index in [1.165, 1.54) is 5.56 Å². The molecule has 2 aromatic heterocycles. The summed E-state index contributed by atoms with van der Waals surface area (Å²) >= 11 is 1.60. The largest absolute Gasteiger partial charge is 0.496 e. The highest BCUT2D eigenvalue weighted by atomic mass is 32.1. The standard InChI is InChI=1S/C15H15N3OS/c1-9-4-3-5-10(6-9)13-14(17-18-15(13)16)12-7-11(19-2)8-20-12/h3-8H,1-2H3,(H3,16,17,18). The molecule has 0 unspecified atom stereocenters. The van der Waals surface area contributed by atoms with E-state index in [2.05, 4.69) is 29.3 Å². The number of nitrogens with two attached hydrogens (primary N) is 1. The van der Waals surface area contributed by atoms with Crippen LogP contribution in [0.25, 0.3) is 21.7 Å². The van der Waals surface area contributed by atoms with Gasteiger partial charge in [-0.25, -0.2) is 0 Å². The second-order valence-electron chi connectivity index (χ2n) is 4.58. The average Bonchev–Trinajstić information content (AvgIpc) is 3.04. The van der Waals surface area contributed by atoms with Crippen LogP contribution in [0, 0.1) is 6.92 Å². The number of nitrogens with one attached hydrogen (secondary N) is 1. The minimum absolute atomic E-state index is 0.512. The average molecular weight is 285 g/mol. The van der Waals surface area contributed by atoms with Crippen LogP contribution in [0.4, 0.5) is 5.82 Å². The monoisotopic (exact) mass is 285 g/mol. The molecule has 1 aromatic carbocycles. The van der Waals surface area contributed by atoms with E-state index in [-0.39, 0.29) is 0 Å². The maximum Gasteiger partial charge on any atom is 0.153 e. The SMILES string of the molecule is COc1csc(-c2[nH]nc(N)c2-c2cccc(C)c2)c1. The van der Waals surface area contributed by atoms with E-state index in [0.717, 1.165) is 27.4 Å². The fraction of sp³-hybridized carbons (Fsp3) is 0.133. The van der Waals surface area contributed by atoms with Crippen molar-refractivity contribution < 1.29 is 4.74 Å². The van der Waals surface area contributed by atoms with Crippen LogP contribution in [-0.2, 0) is 0 Å². The number of aromatic nitrogens is 2. The molecule has 0 bridgehead atoms. The quantitative estimate of drug-likeness (QED) is 0.771. The van der Waals surface area contributed by atoms with Gasteiger partial charge in [-0.1, -0.05) is 29.8 Å². The van der Waals surface area contributed by atoms with Crippen LogP contribution in [0.1, 0.15) is 5.56 Å². The van der Waals surface area contributed by atoms with Crippen LogP contribution in [0.15, 0.2) is 35.7 Å². The zero-order valence-corrected chi connectivity index (χ0v) is 12.1. The van der Waals surface area contributed by atoms with Gasteiger partial charge in [-0.15, -0.1) is 11.3 Å². The third-order valence-electron chi connectivity index (χ3n) is 3.16. The topological polar surface area (TPSA) is 63.9 Å². The van der Waals surface area contributed by atoms with E-state index in [9.17, 15) is 0 Å². The molecular formula is C15H15N3OS. The number of anilines is 1. The third-order valence-corrected chi connectivity index (χ3v) is 4.08. The first-order chi connectivity index (χ1) is 9.69. The number of benzene rings is 1. The molecule has 102 valence electrons. The van der Waals surface area contributed by atoms with Gasteiger partial charge in [0.15, 0.2) is 5.82 Å². The van der Waals surface area contributed by atoms with Gasteiger partial charge in [-0.2, -0.15) is 5.10 Å². The number of nitrogen functional groups attached to an aromatic ring is 1. The lowest BCUT2D eigenvalue weighted by atomic mass is 10.0. The van der Waals surface area contributed by atoms with Gasteiger partial charge < -0.3 is 10.5 Å². The lowest BCUT2D eigenvalue weighted by Gasteiger charge is -2.04. The number of aromatic amines is 1. The van der Waals surface area contributed by atoms with E-state index < -0.39 is 0 Å². The zero-order valence-electron chi connectivity index (χ0n) is 11.3. The number of methoxy groups -OCH3 is 1. The molecule has 0 fully saturated rings. The number of aryl methyl sites for hydroxylation is 1. The molecule has 0 saturated carbocycles. The number of hydrogen-bond acceptors (Lipinski definition) is 4. The van der Waals surface area contributed by atoms with E-state index in [0.29, 0.717) is 5.82 Å². The highest BCUT2D eigenvalue weighted by Crippen LogP contribution is 2.39. The molecule has 0 atom stereocenters. The Morgan fingerprint density at radius 3 is 2.85 bits per heavy atom. The summed E-state index contributed by atoms with van der Waals surface area (Å²) in [5.74, 6) is 1.35. The molecule has 0 aliphatic rings. The lowest BCUT2D eigenvalue weighted by molar-refractivity contribution is 0.417. The summed E-state index contributed by atoms with van der Waals surface area (Å²) in [5, 5.41) is 9.14. The van der Waals surface area contributed by atoms with Crippen molar-refractivity contribution in [1.29, 1.82) is 0 Å². The molecule has 3 N–H and O–H groups in total. The number of thiophene rings is 1. The van der Waals surface area contributed by atoms with E-state index >= 15 is 0 Å².